The number of benzene rings is 2. The zero-order chi connectivity index (χ0) is 17.6. The van der Waals surface area contributed by atoms with E-state index in [1.165, 1.54) is 28.7 Å². The first-order valence-corrected chi connectivity index (χ1v) is 9.55. The zero-order valence-electron chi connectivity index (χ0n) is 15.6. The molecule has 0 radical (unpaired) electrons. The van der Waals surface area contributed by atoms with E-state index in [1.807, 2.05) is 6.07 Å². The third-order valence-electron chi connectivity index (χ3n) is 6.00. The van der Waals surface area contributed by atoms with Crippen LogP contribution in [0.1, 0.15) is 60.9 Å². The van der Waals surface area contributed by atoms with Crippen LogP contribution in [0.4, 0.5) is 0 Å². The number of fused-ring (bicyclic) bond motifs is 3. The summed E-state index contributed by atoms with van der Waals surface area (Å²) in [5.41, 5.74) is 6.78. The van der Waals surface area contributed by atoms with Crippen molar-refractivity contribution >= 4 is 0 Å². The average Bonchev–Trinajstić information content (AvgIpc) is 2.60. The molecule has 2 aromatic carbocycles. The van der Waals surface area contributed by atoms with Gasteiger partial charge in [0, 0.05) is 11.5 Å². The van der Waals surface area contributed by atoms with Crippen molar-refractivity contribution in [3.05, 3.63) is 58.1 Å². The van der Waals surface area contributed by atoms with Crippen LogP contribution in [-0.4, -0.2) is 11.7 Å². The second-order valence-corrected chi connectivity index (χ2v) is 8.49. The van der Waals surface area contributed by atoms with Crippen LogP contribution < -0.4 is 4.74 Å². The number of ether oxygens (including phenoxy) is 1. The van der Waals surface area contributed by atoms with Crippen molar-refractivity contribution in [2.24, 2.45) is 5.41 Å². The Balaban J connectivity index is 1.63. The van der Waals surface area contributed by atoms with Gasteiger partial charge in [-0.15, -0.1) is 0 Å². The molecule has 2 nitrogen and oxygen atoms in total. The Bertz CT molecular complexity index is 804. The summed E-state index contributed by atoms with van der Waals surface area (Å²) in [7, 11) is 0. The first-order chi connectivity index (χ1) is 12.0. The molecular weight excluding hydrogens is 308 g/mol. The Kier molecular flexibility index (Phi) is 4.02. The molecule has 1 atom stereocenters. The monoisotopic (exact) mass is 336 g/mol. The van der Waals surface area contributed by atoms with E-state index in [9.17, 15) is 5.11 Å². The summed E-state index contributed by atoms with van der Waals surface area (Å²) in [5, 5.41) is 10.4. The van der Waals surface area contributed by atoms with Crippen molar-refractivity contribution in [2.75, 3.05) is 6.61 Å². The fourth-order valence-corrected chi connectivity index (χ4v) is 4.43. The molecule has 0 amide bonds. The lowest BCUT2D eigenvalue weighted by Gasteiger charge is -2.35. The molecule has 0 fully saturated rings. The maximum absolute atomic E-state index is 10.4. The highest BCUT2D eigenvalue weighted by Crippen LogP contribution is 2.44. The summed E-state index contributed by atoms with van der Waals surface area (Å²) in [6.45, 7) is 7.48. The topological polar surface area (TPSA) is 29.5 Å². The van der Waals surface area contributed by atoms with Gasteiger partial charge in [0.25, 0.3) is 0 Å². The second-order valence-electron chi connectivity index (χ2n) is 8.49. The Morgan fingerprint density at radius 1 is 1.16 bits per heavy atom. The molecular formula is C23H28O2. The average molecular weight is 336 g/mol. The molecule has 0 spiro atoms. The van der Waals surface area contributed by atoms with Crippen LogP contribution in [0.5, 0.6) is 11.5 Å². The van der Waals surface area contributed by atoms with Gasteiger partial charge in [-0.3, -0.25) is 0 Å². The highest BCUT2D eigenvalue weighted by atomic mass is 16.5. The molecule has 2 heteroatoms. The summed E-state index contributed by atoms with van der Waals surface area (Å²) in [6, 6.07) is 10.7. The van der Waals surface area contributed by atoms with Gasteiger partial charge >= 0.3 is 0 Å². The lowest BCUT2D eigenvalue weighted by atomic mass is 9.73. The molecule has 132 valence electrons. The maximum atomic E-state index is 10.4. The summed E-state index contributed by atoms with van der Waals surface area (Å²) in [5.74, 6) is 1.78. The van der Waals surface area contributed by atoms with E-state index >= 15 is 0 Å². The van der Waals surface area contributed by atoms with Crippen LogP contribution in [0, 0.1) is 5.41 Å². The van der Waals surface area contributed by atoms with Crippen molar-refractivity contribution in [3.8, 4) is 11.5 Å². The van der Waals surface area contributed by atoms with Crippen LogP contribution >= 0.6 is 0 Å². The second kappa shape index (κ2) is 6.09. The molecule has 1 aliphatic carbocycles. The molecule has 2 aromatic rings. The highest BCUT2D eigenvalue weighted by Gasteiger charge is 2.31. The molecule has 0 bridgehead atoms. The van der Waals surface area contributed by atoms with Gasteiger partial charge < -0.3 is 9.84 Å². The molecule has 4 rings (SSSR count). The largest absolute Gasteiger partial charge is 0.508 e. The van der Waals surface area contributed by atoms with E-state index in [0.717, 1.165) is 37.0 Å². The first kappa shape index (κ1) is 16.5. The van der Waals surface area contributed by atoms with Gasteiger partial charge in [0.1, 0.15) is 11.5 Å². The Morgan fingerprint density at radius 2 is 1.96 bits per heavy atom. The fourth-order valence-electron chi connectivity index (χ4n) is 4.43. The summed E-state index contributed by atoms with van der Waals surface area (Å²) < 4.78 is 6.26. The standard InChI is InChI=1S/C23H28O2/c1-4-15-5-8-19(21(24)11-15)18-12-16-6-7-17-13-23(2,3)10-9-20(17)22(16)25-14-18/h5-8,11,18,24H,4,9-10,12-14H2,1-3H3. The van der Waals surface area contributed by atoms with Gasteiger partial charge in [-0.25, -0.2) is 0 Å². The molecule has 0 saturated carbocycles. The molecule has 1 aliphatic heterocycles. The first-order valence-electron chi connectivity index (χ1n) is 9.55. The lowest BCUT2D eigenvalue weighted by Crippen LogP contribution is -2.26. The third-order valence-corrected chi connectivity index (χ3v) is 6.00. The van der Waals surface area contributed by atoms with Crippen molar-refractivity contribution in [1.29, 1.82) is 0 Å². The van der Waals surface area contributed by atoms with Gasteiger partial charge in [-0.1, -0.05) is 45.0 Å². The lowest BCUT2D eigenvalue weighted by molar-refractivity contribution is 0.249. The minimum atomic E-state index is 0.233. The number of aromatic hydroxyl groups is 1. The number of phenolic OH excluding ortho intramolecular Hbond substituents is 1. The number of rotatable bonds is 2. The molecule has 1 unspecified atom stereocenters. The SMILES string of the molecule is CCc1ccc(C2COc3c(ccc4c3CCC(C)(C)C4)C2)c(O)c1. The summed E-state index contributed by atoms with van der Waals surface area (Å²) in [4.78, 5) is 0. The van der Waals surface area contributed by atoms with Crippen LogP contribution in [0.15, 0.2) is 30.3 Å². The normalized spacial score (nSPS) is 21.2. The molecule has 1 N–H and O–H groups in total. The van der Waals surface area contributed by atoms with Crippen LogP contribution in [0.3, 0.4) is 0 Å². The minimum Gasteiger partial charge on any atom is -0.508 e. The molecule has 25 heavy (non-hydrogen) atoms. The zero-order valence-corrected chi connectivity index (χ0v) is 15.6. The van der Waals surface area contributed by atoms with Crippen LogP contribution in [-0.2, 0) is 25.7 Å². The van der Waals surface area contributed by atoms with Crippen molar-refractivity contribution in [3.63, 3.8) is 0 Å². The molecule has 1 heterocycles. The predicted molar refractivity (Wildman–Crippen MR) is 102 cm³/mol. The van der Waals surface area contributed by atoms with Crippen molar-refractivity contribution in [1.82, 2.24) is 0 Å². The van der Waals surface area contributed by atoms with Crippen molar-refractivity contribution < 1.29 is 9.84 Å². The minimum absolute atomic E-state index is 0.233. The molecule has 0 saturated heterocycles. The Hall–Kier alpha value is -1.96. The smallest absolute Gasteiger partial charge is 0.125 e. The number of hydrogen-bond donors (Lipinski definition) is 1. The predicted octanol–water partition coefficient (Wildman–Crippen LogP) is 5.19. The van der Waals surface area contributed by atoms with Gasteiger partial charge in [0.2, 0.25) is 0 Å². The van der Waals surface area contributed by atoms with E-state index < -0.39 is 0 Å². The maximum Gasteiger partial charge on any atom is 0.125 e. The molecule has 0 aromatic heterocycles. The van der Waals surface area contributed by atoms with Crippen molar-refractivity contribution in [2.45, 2.75) is 58.8 Å². The fraction of sp³-hybridized carbons (Fsp3) is 0.478. The van der Waals surface area contributed by atoms with E-state index in [0.29, 0.717) is 17.8 Å². The van der Waals surface area contributed by atoms with Gasteiger partial charge in [-0.2, -0.15) is 0 Å². The van der Waals surface area contributed by atoms with Gasteiger partial charge in [-0.05, 0) is 65.8 Å². The summed E-state index contributed by atoms with van der Waals surface area (Å²) in [6.07, 6.45) is 5.38. The summed E-state index contributed by atoms with van der Waals surface area (Å²) >= 11 is 0. The number of hydrogen-bond acceptors (Lipinski definition) is 2. The Morgan fingerprint density at radius 3 is 2.72 bits per heavy atom. The van der Waals surface area contributed by atoms with E-state index in [4.69, 9.17) is 4.74 Å². The van der Waals surface area contributed by atoms with E-state index in [1.54, 1.807) is 0 Å². The van der Waals surface area contributed by atoms with Gasteiger partial charge in [0.15, 0.2) is 0 Å². The van der Waals surface area contributed by atoms with Crippen LogP contribution in [0.2, 0.25) is 0 Å². The highest BCUT2D eigenvalue weighted by molar-refractivity contribution is 5.51. The quantitative estimate of drug-likeness (QED) is 0.818. The van der Waals surface area contributed by atoms with E-state index in [-0.39, 0.29) is 5.92 Å². The van der Waals surface area contributed by atoms with Crippen LogP contribution in [0.25, 0.3) is 0 Å². The third kappa shape index (κ3) is 3.03. The van der Waals surface area contributed by atoms with E-state index in [2.05, 4.69) is 45.0 Å². The van der Waals surface area contributed by atoms with Gasteiger partial charge in [0.05, 0.1) is 6.61 Å². The Labute approximate surface area is 150 Å². The number of aryl methyl sites for hydroxylation is 1. The number of phenols is 1. The molecule has 2 aliphatic rings.